The number of anilines is 1. The van der Waals surface area contributed by atoms with Gasteiger partial charge in [-0.1, -0.05) is 0 Å². The highest BCUT2D eigenvalue weighted by molar-refractivity contribution is 9.15. The second-order valence-electron chi connectivity index (χ2n) is 4.79. The Bertz CT molecular complexity index is 511. The zero-order valence-electron chi connectivity index (χ0n) is 11.7. The zero-order valence-corrected chi connectivity index (χ0v) is 13.3. The van der Waals surface area contributed by atoms with Crippen LogP contribution in [0.4, 0.5) is 5.82 Å². The van der Waals surface area contributed by atoms with E-state index < -0.39 is 0 Å². The van der Waals surface area contributed by atoms with Gasteiger partial charge < -0.3 is 14.5 Å². The van der Waals surface area contributed by atoms with Crippen LogP contribution in [-0.2, 0) is 4.74 Å². The molecule has 2 rings (SSSR count). The van der Waals surface area contributed by atoms with Crippen molar-refractivity contribution in [2.75, 3.05) is 45.3 Å². The molecule has 108 valence electrons. The third-order valence-corrected chi connectivity index (χ3v) is 3.64. The molecule has 0 bridgehead atoms. The summed E-state index contributed by atoms with van der Waals surface area (Å²) >= 11 is 3.53. The van der Waals surface area contributed by atoms with Gasteiger partial charge in [0.2, 0.25) is 0 Å². The van der Waals surface area contributed by atoms with Crippen molar-refractivity contribution in [3.05, 3.63) is 29.6 Å². The Hall–Kier alpha value is -1.40. The maximum Gasteiger partial charge on any atom is 0.152 e. The maximum atomic E-state index is 11.2. The number of carbonyl (C=O) groups is 1. The molecule has 0 N–H and O–H groups in total. The third kappa shape index (κ3) is 3.58. The molecule has 20 heavy (non-hydrogen) atoms. The fraction of sp³-hybridized carbons (Fsp3) is 0.429. The lowest BCUT2D eigenvalue weighted by Crippen LogP contribution is -2.36. The second kappa shape index (κ2) is 6.85. The van der Waals surface area contributed by atoms with E-state index in [4.69, 9.17) is 4.74 Å². The number of halogens is 1. The highest BCUT2D eigenvalue weighted by atomic mass is 79.9. The van der Waals surface area contributed by atoms with E-state index in [9.17, 15) is 4.79 Å². The Kier molecular flexibility index (Phi) is 5.14. The summed E-state index contributed by atoms with van der Waals surface area (Å²) in [6, 6.07) is 1.94. The molecule has 2 heterocycles. The topological polar surface area (TPSA) is 45.7 Å². The molecule has 1 fully saturated rings. The van der Waals surface area contributed by atoms with E-state index >= 15 is 0 Å². The number of aromatic nitrogens is 1. The molecule has 6 heteroatoms. The molecule has 0 aliphatic carbocycles. The number of ether oxygens (including phenoxy) is 1. The number of nitrogens with zero attached hydrogens (tertiary/aromatic N) is 3. The van der Waals surface area contributed by atoms with E-state index in [0.717, 1.165) is 35.2 Å². The van der Waals surface area contributed by atoms with Crippen molar-refractivity contribution < 1.29 is 9.53 Å². The van der Waals surface area contributed by atoms with Crippen LogP contribution < -0.4 is 4.90 Å². The van der Waals surface area contributed by atoms with Crippen LogP contribution in [0, 0.1) is 0 Å². The Morgan fingerprint density at radius 3 is 2.75 bits per heavy atom. The first kappa shape index (κ1) is 15.0. The molecule has 0 atom stereocenters. The van der Waals surface area contributed by atoms with Gasteiger partial charge in [0.1, 0.15) is 5.82 Å². The largest absolute Gasteiger partial charge is 0.383 e. The third-order valence-electron chi connectivity index (χ3n) is 3.01. The zero-order chi connectivity index (χ0) is 14.5. The van der Waals surface area contributed by atoms with E-state index in [1.807, 2.05) is 31.3 Å². The maximum absolute atomic E-state index is 11.2. The Labute approximate surface area is 127 Å². The van der Waals surface area contributed by atoms with Gasteiger partial charge in [0.15, 0.2) is 6.29 Å². The van der Waals surface area contributed by atoms with Crippen molar-refractivity contribution in [3.63, 3.8) is 0 Å². The molecule has 0 spiro atoms. The molecule has 0 radical (unpaired) electrons. The monoisotopic (exact) mass is 339 g/mol. The van der Waals surface area contributed by atoms with Gasteiger partial charge >= 0.3 is 0 Å². The van der Waals surface area contributed by atoms with Gasteiger partial charge in [-0.15, -0.1) is 0 Å². The van der Waals surface area contributed by atoms with Gasteiger partial charge in [-0.2, -0.15) is 0 Å². The fourth-order valence-corrected chi connectivity index (χ4v) is 2.77. The van der Waals surface area contributed by atoms with E-state index in [1.54, 1.807) is 6.20 Å². The van der Waals surface area contributed by atoms with Crippen molar-refractivity contribution in [2.45, 2.75) is 0 Å². The van der Waals surface area contributed by atoms with Crippen LogP contribution in [0.1, 0.15) is 15.9 Å². The standard InChI is InChI=1S/C14H18BrN3O2/c1-17(2)9-13(15)12-7-14(16-8-11(12)10-19)18-3-5-20-6-4-18/h7-10H,3-6H2,1-2H3/b13-9+. The molecule has 1 aliphatic rings. The number of aldehydes is 1. The van der Waals surface area contributed by atoms with E-state index in [-0.39, 0.29) is 0 Å². The van der Waals surface area contributed by atoms with Crippen molar-refractivity contribution in [1.29, 1.82) is 0 Å². The summed E-state index contributed by atoms with van der Waals surface area (Å²) in [5.41, 5.74) is 1.43. The van der Waals surface area contributed by atoms with Crippen LogP contribution in [0.3, 0.4) is 0 Å². The van der Waals surface area contributed by atoms with Crippen LogP contribution in [0.2, 0.25) is 0 Å². The number of carbonyl (C=O) groups excluding carboxylic acids is 1. The minimum Gasteiger partial charge on any atom is -0.383 e. The van der Waals surface area contributed by atoms with Crippen LogP contribution in [0.5, 0.6) is 0 Å². The fourth-order valence-electron chi connectivity index (χ4n) is 2.02. The van der Waals surface area contributed by atoms with Crippen LogP contribution in [-0.4, -0.2) is 56.6 Å². The predicted molar refractivity (Wildman–Crippen MR) is 83.2 cm³/mol. The second-order valence-corrected chi connectivity index (χ2v) is 5.64. The summed E-state index contributed by atoms with van der Waals surface area (Å²) in [5, 5.41) is 0. The first-order valence-electron chi connectivity index (χ1n) is 6.44. The Balaban J connectivity index is 2.35. The molecule has 0 aromatic carbocycles. The van der Waals surface area contributed by atoms with Crippen molar-refractivity contribution in [1.82, 2.24) is 9.88 Å². The van der Waals surface area contributed by atoms with Crippen molar-refractivity contribution in [3.8, 4) is 0 Å². The number of hydrogen-bond donors (Lipinski definition) is 0. The van der Waals surface area contributed by atoms with Gasteiger partial charge in [0.25, 0.3) is 0 Å². The molecule has 0 amide bonds. The first-order valence-corrected chi connectivity index (χ1v) is 7.23. The van der Waals surface area contributed by atoms with Gasteiger partial charge in [0, 0.05) is 55.2 Å². The Morgan fingerprint density at radius 1 is 1.45 bits per heavy atom. The number of hydrogen-bond acceptors (Lipinski definition) is 5. The lowest BCUT2D eigenvalue weighted by atomic mass is 10.1. The molecule has 1 aliphatic heterocycles. The minimum atomic E-state index is 0.576. The van der Waals surface area contributed by atoms with E-state index in [1.165, 1.54) is 0 Å². The molecular weight excluding hydrogens is 322 g/mol. The van der Waals surface area contributed by atoms with Crippen molar-refractivity contribution in [2.24, 2.45) is 0 Å². The van der Waals surface area contributed by atoms with E-state index in [2.05, 4.69) is 25.8 Å². The lowest BCUT2D eigenvalue weighted by molar-refractivity contribution is 0.112. The average Bonchev–Trinajstić information content (AvgIpc) is 2.46. The van der Waals surface area contributed by atoms with Gasteiger partial charge in [-0.3, -0.25) is 4.79 Å². The van der Waals surface area contributed by atoms with Gasteiger partial charge in [0.05, 0.1) is 13.2 Å². The number of rotatable bonds is 4. The highest BCUT2D eigenvalue weighted by Gasteiger charge is 2.15. The molecule has 1 aromatic rings. The van der Waals surface area contributed by atoms with Crippen LogP contribution in [0.25, 0.3) is 4.48 Å². The Morgan fingerprint density at radius 2 is 2.15 bits per heavy atom. The number of morpholine rings is 1. The van der Waals surface area contributed by atoms with Crippen LogP contribution in [0.15, 0.2) is 18.5 Å². The summed E-state index contributed by atoms with van der Waals surface area (Å²) in [7, 11) is 3.87. The smallest absolute Gasteiger partial charge is 0.152 e. The summed E-state index contributed by atoms with van der Waals surface area (Å²) in [6.45, 7) is 3.06. The molecule has 0 saturated carbocycles. The van der Waals surface area contributed by atoms with Crippen molar-refractivity contribution >= 4 is 32.5 Å². The highest BCUT2D eigenvalue weighted by Crippen LogP contribution is 2.27. The summed E-state index contributed by atoms with van der Waals surface area (Å²) in [4.78, 5) is 19.6. The van der Waals surface area contributed by atoms with Crippen LogP contribution >= 0.6 is 15.9 Å². The van der Waals surface area contributed by atoms with Gasteiger partial charge in [-0.25, -0.2) is 4.98 Å². The summed E-state index contributed by atoms with van der Waals surface area (Å²) in [5.74, 6) is 0.873. The minimum absolute atomic E-state index is 0.576. The quantitative estimate of drug-likeness (QED) is 0.785. The molecule has 0 unspecified atom stereocenters. The molecule has 1 aromatic heterocycles. The van der Waals surface area contributed by atoms with E-state index in [0.29, 0.717) is 18.8 Å². The average molecular weight is 340 g/mol. The normalized spacial score (nSPS) is 16.1. The predicted octanol–water partition coefficient (Wildman–Crippen LogP) is 1.99. The summed E-state index contributed by atoms with van der Waals surface area (Å²) in [6.07, 6.45) is 4.37. The molecule has 5 nitrogen and oxygen atoms in total. The lowest BCUT2D eigenvalue weighted by Gasteiger charge is -2.28. The SMILES string of the molecule is CN(C)/C=C(/Br)c1cc(N2CCOCC2)ncc1C=O. The van der Waals surface area contributed by atoms with Gasteiger partial charge in [-0.05, 0) is 22.0 Å². The summed E-state index contributed by atoms with van der Waals surface area (Å²) < 4.78 is 6.21. The molecule has 1 saturated heterocycles. The number of pyridine rings is 1. The molecular formula is C14H18BrN3O2. The first-order chi connectivity index (χ1) is 9.61.